The van der Waals surface area contributed by atoms with Gasteiger partial charge in [0.1, 0.15) is 17.1 Å². The second-order valence-electron chi connectivity index (χ2n) is 7.17. The summed E-state index contributed by atoms with van der Waals surface area (Å²) in [6, 6.07) is 12.3. The molecule has 1 unspecified atom stereocenters. The summed E-state index contributed by atoms with van der Waals surface area (Å²) in [7, 11) is 1.68. The Morgan fingerprint density at radius 1 is 1.29 bits per heavy atom. The zero-order valence-corrected chi connectivity index (χ0v) is 16.6. The molecule has 1 aliphatic heterocycles. The van der Waals surface area contributed by atoms with E-state index < -0.39 is 0 Å². The molecule has 0 spiro atoms. The smallest absolute Gasteiger partial charge is 0.145 e. The summed E-state index contributed by atoms with van der Waals surface area (Å²) in [6.45, 7) is 7.31. The van der Waals surface area contributed by atoms with E-state index in [4.69, 9.17) is 9.47 Å². The largest absolute Gasteiger partial charge is 0.494 e. The predicted octanol–water partition coefficient (Wildman–Crippen LogP) is 3.78. The maximum absolute atomic E-state index is 5.64. The first-order valence-corrected chi connectivity index (χ1v) is 9.64. The van der Waals surface area contributed by atoms with Gasteiger partial charge >= 0.3 is 0 Å². The van der Waals surface area contributed by atoms with Crippen molar-refractivity contribution in [3.8, 4) is 5.75 Å². The van der Waals surface area contributed by atoms with E-state index in [1.807, 2.05) is 25.3 Å². The van der Waals surface area contributed by atoms with Gasteiger partial charge in [-0.1, -0.05) is 12.1 Å². The quantitative estimate of drug-likeness (QED) is 0.729. The molecule has 28 heavy (non-hydrogen) atoms. The van der Waals surface area contributed by atoms with E-state index in [-0.39, 0.29) is 6.10 Å². The lowest BCUT2D eigenvalue weighted by Gasteiger charge is -2.32. The summed E-state index contributed by atoms with van der Waals surface area (Å²) in [4.78, 5) is 11.5. The lowest BCUT2D eigenvalue weighted by atomic mass is 10.1. The molecule has 0 saturated carbocycles. The fraction of sp³-hybridized carbons (Fsp3) is 0.364. The highest BCUT2D eigenvalue weighted by atomic mass is 16.5. The highest BCUT2D eigenvalue weighted by molar-refractivity contribution is 5.95. The second kappa shape index (κ2) is 8.02. The number of anilines is 2. The summed E-state index contributed by atoms with van der Waals surface area (Å²) in [5.74, 6) is 1.80. The Balaban J connectivity index is 1.56. The van der Waals surface area contributed by atoms with Crippen LogP contribution in [-0.4, -0.2) is 42.9 Å². The number of benzene rings is 1. The fourth-order valence-electron chi connectivity index (χ4n) is 3.63. The molecule has 1 fully saturated rings. The topological polar surface area (TPSA) is 59.5 Å². The van der Waals surface area contributed by atoms with Gasteiger partial charge in [-0.15, -0.1) is 0 Å². The van der Waals surface area contributed by atoms with Crippen molar-refractivity contribution in [2.75, 3.05) is 37.0 Å². The van der Waals surface area contributed by atoms with Crippen molar-refractivity contribution in [2.45, 2.75) is 26.5 Å². The Morgan fingerprint density at radius 3 is 3.00 bits per heavy atom. The van der Waals surface area contributed by atoms with E-state index in [9.17, 15) is 0 Å². The number of para-hydroxylation sites is 1. The molecule has 0 radical (unpaired) electrons. The molecule has 1 aromatic carbocycles. The van der Waals surface area contributed by atoms with Gasteiger partial charge in [0.2, 0.25) is 0 Å². The van der Waals surface area contributed by atoms with Crippen LogP contribution in [0.5, 0.6) is 5.75 Å². The van der Waals surface area contributed by atoms with Crippen LogP contribution in [0.15, 0.2) is 42.6 Å². The van der Waals surface area contributed by atoms with E-state index >= 15 is 0 Å². The SMILES string of the molecule is COc1cccc2c(NCc3ccnc(N4CCOC(C)C4)c3)cc(C)nc12. The number of hydrogen-bond acceptors (Lipinski definition) is 6. The molecule has 6 heteroatoms. The molecule has 4 rings (SSSR count). The number of ether oxygens (including phenoxy) is 2. The van der Waals surface area contributed by atoms with Crippen molar-refractivity contribution in [3.63, 3.8) is 0 Å². The molecule has 1 atom stereocenters. The minimum Gasteiger partial charge on any atom is -0.494 e. The van der Waals surface area contributed by atoms with Gasteiger partial charge in [-0.05, 0) is 43.7 Å². The van der Waals surface area contributed by atoms with Gasteiger partial charge in [-0.2, -0.15) is 0 Å². The Labute approximate surface area is 165 Å². The molecule has 0 amide bonds. The first-order chi connectivity index (χ1) is 13.6. The third-order valence-corrected chi connectivity index (χ3v) is 5.01. The van der Waals surface area contributed by atoms with Gasteiger partial charge in [0, 0.05) is 42.6 Å². The zero-order valence-electron chi connectivity index (χ0n) is 16.6. The Kier molecular flexibility index (Phi) is 5.30. The third kappa shape index (κ3) is 3.87. The summed E-state index contributed by atoms with van der Waals surface area (Å²) >= 11 is 0. The highest BCUT2D eigenvalue weighted by Crippen LogP contribution is 2.30. The summed E-state index contributed by atoms with van der Waals surface area (Å²) in [6.07, 6.45) is 2.12. The predicted molar refractivity (Wildman–Crippen MR) is 112 cm³/mol. The molecule has 146 valence electrons. The van der Waals surface area contributed by atoms with Crippen molar-refractivity contribution in [1.82, 2.24) is 9.97 Å². The number of pyridine rings is 2. The van der Waals surface area contributed by atoms with Crippen molar-refractivity contribution in [3.05, 3.63) is 53.9 Å². The van der Waals surface area contributed by atoms with Gasteiger partial charge in [0.05, 0.1) is 19.8 Å². The van der Waals surface area contributed by atoms with Crippen LogP contribution in [0.2, 0.25) is 0 Å². The van der Waals surface area contributed by atoms with Gasteiger partial charge < -0.3 is 19.7 Å². The van der Waals surface area contributed by atoms with Crippen LogP contribution in [0.4, 0.5) is 11.5 Å². The first kappa shape index (κ1) is 18.5. The van der Waals surface area contributed by atoms with Crippen molar-refractivity contribution < 1.29 is 9.47 Å². The second-order valence-corrected chi connectivity index (χ2v) is 7.17. The molecule has 1 saturated heterocycles. The maximum Gasteiger partial charge on any atom is 0.145 e. The van der Waals surface area contributed by atoms with E-state index in [1.165, 1.54) is 5.56 Å². The Hall–Kier alpha value is -2.86. The number of aryl methyl sites for hydroxylation is 1. The van der Waals surface area contributed by atoms with E-state index in [1.54, 1.807) is 7.11 Å². The Bertz CT molecular complexity index is 976. The summed E-state index contributed by atoms with van der Waals surface area (Å²) in [5.41, 5.74) is 4.08. The molecular formula is C22H26N4O2. The number of aromatic nitrogens is 2. The molecule has 3 aromatic rings. The van der Waals surface area contributed by atoms with Crippen LogP contribution in [-0.2, 0) is 11.3 Å². The molecule has 1 aliphatic rings. The third-order valence-electron chi connectivity index (χ3n) is 5.01. The lowest BCUT2D eigenvalue weighted by Crippen LogP contribution is -2.41. The zero-order chi connectivity index (χ0) is 19.5. The van der Waals surface area contributed by atoms with Gasteiger partial charge in [-0.25, -0.2) is 9.97 Å². The monoisotopic (exact) mass is 378 g/mol. The minimum absolute atomic E-state index is 0.235. The fourth-order valence-corrected chi connectivity index (χ4v) is 3.63. The average Bonchev–Trinajstić information content (AvgIpc) is 2.71. The Morgan fingerprint density at radius 2 is 2.18 bits per heavy atom. The van der Waals surface area contributed by atoms with Crippen LogP contribution < -0.4 is 15.0 Å². The van der Waals surface area contributed by atoms with Crippen LogP contribution in [0.3, 0.4) is 0 Å². The normalized spacial score (nSPS) is 17.0. The molecule has 0 aliphatic carbocycles. The van der Waals surface area contributed by atoms with E-state index in [0.29, 0.717) is 6.54 Å². The van der Waals surface area contributed by atoms with Gasteiger partial charge in [-0.3, -0.25) is 0 Å². The van der Waals surface area contributed by atoms with E-state index in [0.717, 1.165) is 53.5 Å². The summed E-state index contributed by atoms with van der Waals surface area (Å²) in [5, 5.41) is 4.63. The molecule has 3 heterocycles. The van der Waals surface area contributed by atoms with Crippen LogP contribution >= 0.6 is 0 Å². The maximum atomic E-state index is 5.64. The van der Waals surface area contributed by atoms with Gasteiger partial charge in [0.15, 0.2) is 0 Å². The summed E-state index contributed by atoms with van der Waals surface area (Å²) < 4.78 is 11.1. The number of morpholine rings is 1. The highest BCUT2D eigenvalue weighted by Gasteiger charge is 2.18. The number of fused-ring (bicyclic) bond motifs is 1. The number of nitrogens with one attached hydrogen (secondary N) is 1. The number of methoxy groups -OCH3 is 1. The first-order valence-electron chi connectivity index (χ1n) is 9.64. The standard InChI is InChI=1S/C22H26N4O2/c1-15-11-19(18-5-4-6-20(27-3)22(18)25-15)24-13-17-7-8-23-21(12-17)26-9-10-28-16(2)14-26/h4-8,11-12,16H,9-10,13-14H2,1-3H3,(H,24,25). The van der Waals surface area contributed by atoms with Crippen LogP contribution in [0, 0.1) is 6.92 Å². The number of rotatable bonds is 5. The van der Waals surface area contributed by atoms with Crippen LogP contribution in [0.25, 0.3) is 10.9 Å². The number of nitrogens with zero attached hydrogens (tertiary/aromatic N) is 3. The lowest BCUT2D eigenvalue weighted by molar-refractivity contribution is 0.0529. The van der Waals surface area contributed by atoms with E-state index in [2.05, 4.69) is 51.4 Å². The molecule has 6 nitrogen and oxygen atoms in total. The van der Waals surface area contributed by atoms with Crippen LogP contribution in [0.1, 0.15) is 18.2 Å². The van der Waals surface area contributed by atoms with Crippen molar-refractivity contribution in [1.29, 1.82) is 0 Å². The average molecular weight is 378 g/mol. The molecule has 1 N–H and O–H groups in total. The number of hydrogen-bond donors (Lipinski definition) is 1. The van der Waals surface area contributed by atoms with Crippen molar-refractivity contribution >= 4 is 22.4 Å². The van der Waals surface area contributed by atoms with Crippen molar-refractivity contribution in [2.24, 2.45) is 0 Å². The molecule has 2 aromatic heterocycles. The minimum atomic E-state index is 0.235. The molecular weight excluding hydrogens is 352 g/mol. The van der Waals surface area contributed by atoms with Gasteiger partial charge in [0.25, 0.3) is 0 Å². The molecule has 0 bridgehead atoms.